The number of rotatable bonds is 5. The number of piperazine rings is 1. The Bertz CT molecular complexity index is 1270. The molecule has 10 heteroatoms. The molecule has 0 unspecified atom stereocenters. The minimum absolute atomic E-state index is 0. The predicted octanol–water partition coefficient (Wildman–Crippen LogP) is 3.01. The summed E-state index contributed by atoms with van der Waals surface area (Å²) in [6.45, 7) is 8.06. The maximum atomic E-state index is 13.0. The van der Waals surface area contributed by atoms with Gasteiger partial charge < -0.3 is 21.0 Å². The van der Waals surface area contributed by atoms with Crippen LogP contribution in [0.1, 0.15) is 34.5 Å². The van der Waals surface area contributed by atoms with Gasteiger partial charge in [-0.15, -0.1) is 0 Å². The molecule has 194 valence electrons. The molecular weight excluding hydrogens is 490 g/mol. The summed E-state index contributed by atoms with van der Waals surface area (Å²) in [7, 11) is 0. The summed E-state index contributed by atoms with van der Waals surface area (Å²) in [4.78, 5) is 17.9. The van der Waals surface area contributed by atoms with E-state index in [1.807, 2.05) is 31.2 Å². The quantitative estimate of drug-likeness (QED) is 0.532. The summed E-state index contributed by atoms with van der Waals surface area (Å²) < 4.78 is 1.71. The summed E-state index contributed by atoms with van der Waals surface area (Å²) >= 11 is 5.99. The van der Waals surface area contributed by atoms with Crippen molar-refractivity contribution in [3.63, 3.8) is 0 Å². The molecule has 3 aromatic rings. The maximum absolute atomic E-state index is 13.0. The molecule has 3 heterocycles. The highest BCUT2D eigenvalue weighted by molar-refractivity contribution is 6.30. The van der Waals surface area contributed by atoms with E-state index >= 15 is 0 Å². The second kappa shape index (κ2) is 11.8. The highest BCUT2D eigenvalue weighted by atomic mass is 35.5. The molecule has 0 spiro atoms. The number of anilines is 2. The standard InChI is InChI=1S/C27H30ClN7O.H2O/c1-19-25(18-31-35(19)24-5-2-21(28)3-6-24)27(36)32-22-4-7-26(20(16-22)17-29)34-12-8-23(9-13-34)33-14-10-30-11-15-33;/h2-7,16,18,23,30H,8-15H2,1H3,(H,32,36);1H2. The van der Waals surface area contributed by atoms with Crippen LogP contribution in [0.15, 0.2) is 48.7 Å². The Kier molecular flexibility index (Phi) is 8.46. The smallest absolute Gasteiger partial charge is 0.259 e. The van der Waals surface area contributed by atoms with E-state index in [4.69, 9.17) is 11.6 Å². The van der Waals surface area contributed by atoms with Crippen molar-refractivity contribution in [2.45, 2.75) is 25.8 Å². The van der Waals surface area contributed by atoms with Crippen molar-refractivity contribution in [1.82, 2.24) is 20.0 Å². The molecule has 0 radical (unpaired) electrons. The second-order valence-electron chi connectivity index (χ2n) is 9.33. The second-order valence-corrected chi connectivity index (χ2v) is 9.77. The SMILES string of the molecule is Cc1c(C(=O)Nc2ccc(N3CCC(N4CCNCC4)CC3)c(C#N)c2)cnn1-c1ccc(Cl)cc1.O. The molecule has 1 aromatic heterocycles. The van der Waals surface area contributed by atoms with Crippen molar-refractivity contribution < 1.29 is 10.3 Å². The summed E-state index contributed by atoms with van der Waals surface area (Å²) in [5.41, 5.74) is 4.12. The lowest BCUT2D eigenvalue weighted by molar-refractivity contribution is 0.102. The Hall–Kier alpha value is -3.42. The molecule has 37 heavy (non-hydrogen) atoms. The molecule has 2 aromatic carbocycles. The number of hydrogen-bond donors (Lipinski definition) is 2. The number of halogens is 1. The predicted molar refractivity (Wildman–Crippen MR) is 146 cm³/mol. The molecule has 0 atom stereocenters. The van der Waals surface area contributed by atoms with Gasteiger partial charge in [0, 0.05) is 56.0 Å². The van der Waals surface area contributed by atoms with Crippen LogP contribution in [0.4, 0.5) is 11.4 Å². The van der Waals surface area contributed by atoms with E-state index in [9.17, 15) is 10.1 Å². The normalized spacial score (nSPS) is 16.6. The van der Waals surface area contributed by atoms with Crippen molar-refractivity contribution in [1.29, 1.82) is 5.26 Å². The van der Waals surface area contributed by atoms with Crippen molar-refractivity contribution in [2.75, 3.05) is 49.5 Å². The van der Waals surface area contributed by atoms with Gasteiger partial charge in [0.1, 0.15) is 6.07 Å². The van der Waals surface area contributed by atoms with Gasteiger partial charge in [0.05, 0.1) is 34.4 Å². The average molecular weight is 522 g/mol. The zero-order valence-corrected chi connectivity index (χ0v) is 21.6. The Morgan fingerprint density at radius 1 is 1.11 bits per heavy atom. The van der Waals surface area contributed by atoms with Crippen LogP contribution in [-0.2, 0) is 0 Å². The van der Waals surface area contributed by atoms with E-state index in [-0.39, 0.29) is 11.4 Å². The summed E-state index contributed by atoms with van der Waals surface area (Å²) in [6.07, 6.45) is 3.75. The number of amides is 1. The van der Waals surface area contributed by atoms with Gasteiger partial charge in [-0.3, -0.25) is 9.69 Å². The van der Waals surface area contributed by atoms with Crippen LogP contribution in [0.2, 0.25) is 5.02 Å². The number of carbonyl (C=O) groups excluding carboxylic acids is 1. The van der Waals surface area contributed by atoms with Gasteiger partial charge in [0.25, 0.3) is 5.91 Å². The van der Waals surface area contributed by atoms with Gasteiger partial charge in [-0.05, 0) is 62.2 Å². The van der Waals surface area contributed by atoms with E-state index < -0.39 is 0 Å². The number of hydrogen-bond acceptors (Lipinski definition) is 6. The maximum Gasteiger partial charge on any atom is 0.259 e. The third kappa shape index (κ3) is 5.78. The molecule has 1 amide bonds. The lowest BCUT2D eigenvalue weighted by Gasteiger charge is -2.41. The molecule has 4 N–H and O–H groups in total. The number of nitrogens with one attached hydrogen (secondary N) is 2. The van der Waals surface area contributed by atoms with E-state index in [0.29, 0.717) is 27.9 Å². The highest BCUT2D eigenvalue weighted by Crippen LogP contribution is 2.28. The fraction of sp³-hybridized carbons (Fsp3) is 0.370. The Labute approximate surface area is 221 Å². The van der Waals surface area contributed by atoms with Crippen molar-refractivity contribution >= 4 is 28.9 Å². The van der Waals surface area contributed by atoms with E-state index in [1.54, 1.807) is 29.1 Å². The van der Waals surface area contributed by atoms with Gasteiger partial charge in [-0.25, -0.2) is 4.68 Å². The zero-order chi connectivity index (χ0) is 25.1. The summed E-state index contributed by atoms with van der Waals surface area (Å²) in [5, 5.41) is 21.2. The first kappa shape index (κ1) is 26.6. The largest absolute Gasteiger partial charge is 0.412 e. The Balaban J connectivity index is 0.00000320. The van der Waals surface area contributed by atoms with Crippen LogP contribution in [0, 0.1) is 18.3 Å². The molecule has 0 bridgehead atoms. The van der Waals surface area contributed by atoms with Gasteiger partial charge in [0.2, 0.25) is 0 Å². The van der Waals surface area contributed by atoms with Crippen LogP contribution in [0.25, 0.3) is 5.69 Å². The summed E-state index contributed by atoms with van der Waals surface area (Å²) in [6, 6.07) is 15.8. The van der Waals surface area contributed by atoms with Crippen LogP contribution < -0.4 is 15.5 Å². The number of benzene rings is 2. The molecular formula is C27H32ClN7O2. The number of nitriles is 1. The van der Waals surface area contributed by atoms with Crippen LogP contribution in [0.3, 0.4) is 0 Å². The fourth-order valence-corrected chi connectivity index (χ4v) is 5.30. The number of aromatic nitrogens is 2. The van der Waals surface area contributed by atoms with E-state index in [2.05, 4.69) is 31.6 Å². The minimum Gasteiger partial charge on any atom is -0.412 e. The monoisotopic (exact) mass is 521 g/mol. The van der Waals surface area contributed by atoms with Crippen molar-refractivity contribution in [3.8, 4) is 11.8 Å². The number of piperidine rings is 1. The first-order chi connectivity index (χ1) is 17.5. The van der Waals surface area contributed by atoms with Gasteiger partial charge in [0.15, 0.2) is 0 Å². The summed E-state index contributed by atoms with van der Waals surface area (Å²) in [5.74, 6) is -0.263. The molecule has 2 fully saturated rings. The lowest BCUT2D eigenvalue weighted by Crippen LogP contribution is -2.52. The first-order valence-corrected chi connectivity index (χ1v) is 12.8. The van der Waals surface area contributed by atoms with E-state index in [1.165, 1.54) is 0 Å². The van der Waals surface area contributed by atoms with Crippen LogP contribution in [-0.4, -0.2) is 71.4 Å². The third-order valence-electron chi connectivity index (χ3n) is 7.17. The molecule has 2 aliphatic rings. The van der Waals surface area contributed by atoms with Crippen LogP contribution in [0.5, 0.6) is 0 Å². The first-order valence-electron chi connectivity index (χ1n) is 12.4. The number of nitrogens with zero attached hydrogens (tertiary/aromatic N) is 5. The van der Waals surface area contributed by atoms with Crippen molar-refractivity contribution in [3.05, 3.63) is 70.5 Å². The van der Waals surface area contributed by atoms with E-state index in [0.717, 1.165) is 69.2 Å². The van der Waals surface area contributed by atoms with Crippen molar-refractivity contribution in [2.24, 2.45) is 0 Å². The zero-order valence-electron chi connectivity index (χ0n) is 20.9. The van der Waals surface area contributed by atoms with Gasteiger partial charge >= 0.3 is 0 Å². The Morgan fingerprint density at radius 3 is 2.49 bits per heavy atom. The molecule has 5 rings (SSSR count). The molecule has 0 saturated carbocycles. The molecule has 0 aliphatic carbocycles. The van der Waals surface area contributed by atoms with Gasteiger partial charge in [-0.1, -0.05) is 11.6 Å². The average Bonchev–Trinajstić information content (AvgIpc) is 3.31. The van der Waals surface area contributed by atoms with Gasteiger partial charge in [-0.2, -0.15) is 10.4 Å². The topological polar surface area (TPSA) is 121 Å². The minimum atomic E-state index is -0.263. The fourth-order valence-electron chi connectivity index (χ4n) is 5.17. The Morgan fingerprint density at radius 2 is 1.81 bits per heavy atom. The molecule has 9 nitrogen and oxygen atoms in total. The highest BCUT2D eigenvalue weighted by Gasteiger charge is 2.26. The molecule has 2 saturated heterocycles. The molecule has 2 aliphatic heterocycles. The van der Waals surface area contributed by atoms with Crippen LogP contribution >= 0.6 is 11.6 Å². The number of carbonyl (C=O) groups is 1. The lowest BCUT2D eigenvalue weighted by atomic mass is 10.0. The third-order valence-corrected chi connectivity index (χ3v) is 7.43.